The Morgan fingerprint density at radius 3 is 2.71 bits per heavy atom. The van der Waals surface area contributed by atoms with Crippen LogP contribution in [0.15, 0.2) is 24.3 Å². The van der Waals surface area contributed by atoms with Crippen LogP contribution in [0.1, 0.15) is 12.8 Å². The summed E-state index contributed by atoms with van der Waals surface area (Å²) in [5, 5.41) is 8.91. The van der Waals surface area contributed by atoms with Gasteiger partial charge in [-0.1, -0.05) is 12.1 Å². The van der Waals surface area contributed by atoms with Gasteiger partial charge in [0.1, 0.15) is 0 Å². The first kappa shape index (κ1) is 15.2. The van der Waals surface area contributed by atoms with Crippen LogP contribution in [-0.2, 0) is 9.59 Å². The van der Waals surface area contributed by atoms with Gasteiger partial charge in [0.05, 0.1) is 19.6 Å². The fourth-order valence-corrected chi connectivity index (χ4v) is 2.33. The molecular formula is C15H19NO5. The van der Waals surface area contributed by atoms with Crippen molar-refractivity contribution in [1.82, 2.24) is 4.90 Å². The second-order valence-corrected chi connectivity index (χ2v) is 4.93. The number of aliphatic carboxylic acids is 1. The Morgan fingerprint density at radius 2 is 2.10 bits per heavy atom. The number of benzene rings is 1. The minimum atomic E-state index is -0.906. The molecule has 1 saturated heterocycles. The number of ether oxygens (including phenoxy) is 2. The summed E-state index contributed by atoms with van der Waals surface area (Å²) in [6.07, 6.45) is 0.749. The van der Waals surface area contributed by atoms with E-state index in [9.17, 15) is 9.59 Å². The smallest absolute Gasteiger partial charge is 0.308 e. The van der Waals surface area contributed by atoms with Gasteiger partial charge in [0.2, 0.25) is 5.91 Å². The van der Waals surface area contributed by atoms with E-state index < -0.39 is 11.9 Å². The lowest BCUT2D eigenvalue weighted by Gasteiger charge is -2.16. The summed E-state index contributed by atoms with van der Waals surface area (Å²) < 4.78 is 10.8. The van der Waals surface area contributed by atoms with E-state index in [-0.39, 0.29) is 12.3 Å². The molecule has 1 N–H and O–H groups in total. The summed E-state index contributed by atoms with van der Waals surface area (Å²) in [6, 6.07) is 7.36. The topological polar surface area (TPSA) is 76.1 Å². The lowest BCUT2D eigenvalue weighted by atomic mass is 10.1. The van der Waals surface area contributed by atoms with Crippen molar-refractivity contribution in [3.05, 3.63) is 24.3 Å². The minimum Gasteiger partial charge on any atom is -0.493 e. The molecule has 1 fully saturated rings. The van der Waals surface area contributed by atoms with Crippen molar-refractivity contribution in [3.8, 4) is 11.5 Å². The molecule has 1 aromatic carbocycles. The lowest BCUT2D eigenvalue weighted by molar-refractivity contribution is -0.141. The maximum atomic E-state index is 11.7. The van der Waals surface area contributed by atoms with E-state index in [0.717, 1.165) is 0 Å². The Morgan fingerprint density at radius 1 is 1.38 bits per heavy atom. The van der Waals surface area contributed by atoms with E-state index in [1.54, 1.807) is 12.0 Å². The van der Waals surface area contributed by atoms with E-state index in [2.05, 4.69) is 0 Å². The van der Waals surface area contributed by atoms with Gasteiger partial charge in [-0.25, -0.2) is 0 Å². The Kier molecular flexibility index (Phi) is 5.03. The number of likely N-dealkylation sites (tertiary alicyclic amines) is 1. The molecule has 0 spiro atoms. The molecule has 6 heteroatoms. The van der Waals surface area contributed by atoms with Gasteiger partial charge in [-0.2, -0.15) is 0 Å². The summed E-state index contributed by atoms with van der Waals surface area (Å²) in [5.74, 6) is -0.250. The summed E-state index contributed by atoms with van der Waals surface area (Å²) in [4.78, 5) is 24.1. The van der Waals surface area contributed by atoms with E-state index in [4.69, 9.17) is 14.6 Å². The molecule has 1 heterocycles. The van der Waals surface area contributed by atoms with Gasteiger partial charge < -0.3 is 19.5 Å². The van der Waals surface area contributed by atoms with Crippen molar-refractivity contribution in [1.29, 1.82) is 0 Å². The number of carbonyl (C=O) groups excluding carboxylic acids is 1. The Bertz CT molecular complexity index is 517. The fourth-order valence-electron chi connectivity index (χ4n) is 2.33. The summed E-state index contributed by atoms with van der Waals surface area (Å²) >= 11 is 0. The van der Waals surface area contributed by atoms with E-state index in [0.29, 0.717) is 37.6 Å². The van der Waals surface area contributed by atoms with Crippen LogP contribution in [0.4, 0.5) is 0 Å². The lowest BCUT2D eigenvalue weighted by Crippen LogP contribution is -2.28. The Labute approximate surface area is 123 Å². The van der Waals surface area contributed by atoms with Crippen LogP contribution in [0.2, 0.25) is 0 Å². The zero-order chi connectivity index (χ0) is 15.2. The highest BCUT2D eigenvalue weighted by Gasteiger charge is 2.33. The first-order valence-corrected chi connectivity index (χ1v) is 6.88. The predicted octanol–water partition coefficient (Wildman–Crippen LogP) is 1.40. The highest BCUT2D eigenvalue weighted by Crippen LogP contribution is 2.26. The molecule has 2 rings (SSSR count). The number of para-hydroxylation sites is 2. The molecular weight excluding hydrogens is 274 g/mol. The van der Waals surface area contributed by atoms with Crippen LogP contribution in [0.25, 0.3) is 0 Å². The molecule has 21 heavy (non-hydrogen) atoms. The molecule has 1 aromatic rings. The van der Waals surface area contributed by atoms with Gasteiger partial charge in [-0.05, 0) is 18.6 Å². The highest BCUT2D eigenvalue weighted by molar-refractivity contribution is 5.86. The van der Waals surface area contributed by atoms with Gasteiger partial charge in [-0.3, -0.25) is 9.59 Å². The average molecular weight is 293 g/mol. The van der Waals surface area contributed by atoms with Crippen LogP contribution in [0.5, 0.6) is 11.5 Å². The SMILES string of the molecule is COc1ccccc1OCCCN1CC(C(=O)O)CC1=O. The fraction of sp³-hybridized carbons (Fsp3) is 0.467. The molecule has 1 amide bonds. The van der Waals surface area contributed by atoms with Crippen LogP contribution in [0.3, 0.4) is 0 Å². The van der Waals surface area contributed by atoms with Crippen LogP contribution in [0, 0.1) is 5.92 Å². The van der Waals surface area contributed by atoms with Crippen molar-refractivity contribution in [2.24, 2.45) is 5.92 Å². The number of carboxylic acid groups (broad SMARTS) is 1. The first-order chi connectivity index (χ1) is 10.1. The third kappa shape index (κ3) is 3.87. The van der Waals surface area contributed by atoms with Crippen molar-refractivity contribution >= 4 is 11.9 Å². The Hall–Kier alpha value is -2.24. The minimum absolute atomic E-state index is 0.0975. The van der Waals surface area contributed by atoms with Crippen LogP contribution in [-0.4, -0.2) is 48.7 Å². The molecule has 0 bridgehead atoms. The highest BCUT2D eigenvalue weighted by atomic mass is 16.5. The zero-order valence-electron chi connectivity index (χ0n) is 11.9. The third-order valence-corrected chi connectivity index (χ3v) is 3.46. The largest absolute Gasteiger partial charge is 0.493 e. The molecule has 1 unspecified atom stereocenters. The second-order valence-electron chi connectivity index (χ2n) is 4.93. The van der Waals surface area contributed by atoms with Crippen LogP contribution >= 0.6 is 0 Å². The van der Waals surface area contributed by atoms with Gasteiger partial charge in [-0.15, -0.1) is 0 Å². The number of nitrogens with zero attached hydrogens (tertiary/aromatic N) is 1. The van der Waals surface area contributed by atoms with Gasteiger partial charge in [0.25, 0.3) is 0 Å². The summed E-state index contributed by atoms with van der Waals surface area (Å²) in [6.45, 7) is 1.25. The maximum absolute atomic E-state index is 11.7. The molecule has 1 aliphatic heterocycles. The number of carboxylic acids is 1. The standard InChI is InChI=1S/C15H19NO5/c1-20-12-5-2-3-6-13(12)21-8-4-7-16-10-11(15(18)19)9-14(16)17/h2-3,5-6,11H,4,7-10H2,1H3,(H,18,19). The number of carbonyl (C=O) groups is 2. The van der Waals surface area contributed by atoms with Crippen molar-refractivity contribution in [2.45, 2.75) is 12.8 Å². The number of hydrogen-bond acceptors (Lipinski definition) is 4. The number of hydrogen-bond donors (Lipinski definition) is 1. The molecule has 114 valence electrons. The number of rotatable bonds is 7. The molecule has 0 radical (unpaired) electrons. The monoisotopic (exact) mass is 293 g/mol. The quantitative estimate of drug-likeness (QED) is 0.769. The summed E-state index contributed by atoms with van der Waals surface area (Å²) in [5.41, 5.74) is 0. The molecule has 0 aromatic heterocycles. The van der Waals surface area contributed by atoms with Crippen molar-refractivity contribution in [3.63, 3.8) is 0 Å². The molecule has 0 saturated carbocycles. The van der Waals surface area contributed by atoms with E-state index >= 15 is 0 Å². The molecule has 1 aliphatic rings. The molecule has 6 nitrogen and oxygen atoms in total. The number of amides is 1. The normalized spacial score (nSPS) is 17.9. The number of methoxy groups -OCH3 is 1. The van der Waals surface area contributed by atoms with Gasteiger partial charge in [0, 0.05) is 19.5 Å². The predicted molar refractivity (Wildman–Crippen MR) is 75.4 cm³/mol. The van der Waals surface area contributed by atoms with E-state index in [1.807, 2.05) is 24.3 Å². The summed E-state index contributed by atoms with van der Waals surface area (Å²) in [7, 11) is 1.58. The zero-order valence-corrected chi connectivity index (χ0v) is 11.9. The van der Waals surface area contributed by atoms with Crippen LogP contribution < -0.4 is 9.47 Å². The third-order valence-electron chi connectivity index (χ3n) is 3.46. The van der Waals surface area contributed by atoms with Gasteiger partial charge in [0.15, 0.2) is 11.5 Å². The second kappa shape index (κ2) is 6.97. The van der Waals surface area contributed by atoms with Crippen molar-refractivity contribution < 1.29 is 24.2 Å². The van der Waals surface area contributed by atoms with E-state index in [1.165, 1.54) is 0 Å². The molecule has 0 aliphatic carbocycles. The first-order valence-electron chi connectivity index (χ1n) is 6.88. The molecule has 1 atom stereocenters. The maximum Gasteiger partial charge on any atom is 0.308 e. The van der Waals surface area contributed by atoms with Gasteiger partial charge >= 0.3 is 5.97 Å². The average Bonchev–Trinajstić information content (AvgIpc) is 2.85. The Balaban J connectivity index is 1.75. The van der Waals surface area contributed by atoms with Crippen molar-refractivity contribution in [2.75, 3.05) is 26.8 Å².